The first-order valence-corrected chi connectivity index (χ1v) is 13.1. The van der Waals surface area contributed by atoms with Crippen molar-refractivity contribution in [2.24, 2.45) is 34.0 Å². The van der Waals surface area contributed by atoms with Gasteiger partial charge in [0.15, 0.2) is 5.78 Å². The molecule has 9 unspecified atom stereocenters. The van der Waals surface area contributed by atoms with Crippen molar-refractivity contribution >= 4 is 27.7 Å². The Bertz CT molecular complexity index is 1130. The maximum absolute atomic E-state index is 14.1. The van der Waals surface area contributed by atoms with Crippen LogP contribution >= 0.6 is 15.9 Å². The summed E-state index contributed by atoms with van der Waals surface area (Å²) in [6.07, 6.45) is -1.02. The molecule has 6 fully saturated rings. The molecule has 2 aliphatic heterocycles. The van der Waals surface area contributed by atoms with Gasteiger partial charge in [0.25, 0.3) is 0 Å². The topological polar surface area (TPSA) is 113 Å². The predicted octanol–water partition coefficient (Wildman–Crippen LogP) is 3.00. The molecule has 2 heterocycles. The van der Waals surface area contributed by atoms with E-state index < -0.39 is 69.9 Å². The average molecular weight is 547 g/mol. The number of halogens is 1. The summed E-state index contributed by atoms with van der Waals surface area (Å²) in [7, 11) is 0. The highest BCUT2D eigenvalue weighted by molar-refractivity contribution is 9.10. The number of aliphatic hydroxyl groups is 3. The van der Waals surface area contributed by atoms with E-state index in [2.05, 4.69) is 22.5 Å². The van der Waals surface area contributed by atoms with Crippen LogP contribution in [0.2, 0.25) is 0 Å². The molecule has 9 atom stereocenters. The fourth-order valence-electron chi connectivity index (χ4n) is 8.81. The van der Waals surface area contributed by atoms with Crippen LogP contribution in [0, 0.1) is 34.0 Å². The summed E-state index contributed by atoms with van der Waals surface area (Å²) in [5.41, 5.74) is -2.46. The molecule has 2 spiro atoms. The Morgan fingerprint density at radius 1 is 1.17 bits per heavy atom. The fraction of sp³-hybridized carbons (Fsp3) is 0.630. The number of ketones is 1. The third kappa shape index (κ3) is 2.60. The molecule has 35 heavy (non-hydrogen) atoms. The van der Waals surface area contributed by atoms with Gasteiger partial charge in [0.2, 0.25) is 5.79 Å². The van der Waals surface area contributed by atoms with Gasteiger partial charge in [0, 0.05) is 21.7 Å². The maximum Gasteiger partial charge on any atom is 0.338 e. The Labute approximate surface area is 212 Å². The summed E-state index contributed by atoms with van der Waals surface area (Å²) >= 11 is 3.36. The molecule has 0 radical (unpaired) electrons. The Hall–Kier alpha value is -1.58. The lowest BCUT2D eigenvalue weighted by Gasteiger charge is -2.74. The minimum absolute atomic E-state index is 0.0417. The zero-order chi connectivity index (χ0) is 25.1. The number of rotatable bonds is 2. The van der Waals surface area contributed by atoms with E-state index in [4.69, 9.17) is 9.47 Å². The summed E-state index contributed by atoms with van der Waals surface area (Å²) in [6, 6.07) is 6.70. The van der Waals surface area contributed by atoms with E-state index in [1.54, 1.807) is 24.3 Å². The summed E-state index contributed by atoms with van der Waals surface area (Å²) in [5, 5.41) is 35.4. The second-order valence-corrected chi connectivity index (χ2v) is 12.8. The summed E-state index contributed by atoms with van der Waals surface area (Å²) < 4.78 is 12.9. The van der Waals surface area contributed by atoms with Crippen molar-refractivity contribution in [3.63, 3.8) is 0 Å². The molecule has 0 aromatic heterocycles. The average Bonchev–Trinajstić information content (AvgIpc) is 2.93. The quantitative estimate of drug-likeness (QED) is 0.386. The Kier molecular flexibility index (Phi) is 4.93. The molecule has 188 valence electrons. The van der Waals surface area contributed by atoms with Crippen molar-refractivity contribution in [2.75, 3.05) is 6.61 Å². The van der Waals surface area contributed by atoms with Crippen LogP contribution in [-0.4, -0.2) is 57.8 Å². The van der Waals surface area contributed by atoms with E-state index in [1.807, 2.05) is 13.8 Å². The molecular formula is C27H31BrO7. The Balaban J connectivity index is 1.52. The van der Waals surface area contributed by atoms with E-state index in [1.165, 1.54) is 0 Å². The van der Waals surface area contributed by atoms with Crippen LogP contribution in [0.1, 0.15) is 49.9 Å². The first kappa shape index (κ1) is 23.8. The third-order valence-electron chi connectivity index (χ3n) is 10.2. The van der Waals surface area contributed by atoms with Gasteiger partial charge in [-0.1, -0.05) is 36.4 Å². The van der Waals surface area contributed by atoms with E-state index in [9.17, 15) is 24.9 Å². The van der Waals surface area contributed by atoms with Crippen LogP contribution in [-0.2, 0) is 14.3 Å². The highest BCUT2D eigenvalue weighted by atomic mass is 79.9. The Morgan fingerprint density at radius 3 is 2.54 bits per heavy atom. The molecule has 4 bridgehead atoms. The largest absolute Gasteiger partial charge is 0.457 e. The number of ether oxygens (including phenoxy) is 2. The van der Waals surface area contributed by atoms with E-state index in [0.717, 1.165) is 4.47 Å². The smallest absolute Gasteiger partial charge is 0.338 e. The molecule has 7 rings (SSSR count). The number of hydrogen-bond acceptors (Lipinski definition) is 7. The Morgan fingerprint density at radius 2 is 1.86 bits per heavy atom. The number of carbonyl (C=O) groups excluding carboxylic acids is 2. The minimum atomic E-state index is -2.25. The van der Waals surface area contributed by atoms with Crippen molar-refractivity contribution in [1.29, 1.82) is 0 Å². The molecule has 3 N–H and O–H groups in total. The van der Waals surface area contributed by atoms with Crippen LogP contribution < -0.4 is 0 Å². The normalized spacial score (nSPS) is 47.3. The molecule has 1 aromatic carbocycles. The van der Waals surface area contributed by atoms with Gasteiger partial charge in [0.05, 0.1) is 18.3 Å². The lowest BCUT2D eigenvalue weighted by Crippen LogP contribution is -2.85. The van der Waals surface area contributed by atoms with Gasteiger partial charge in [0.1, 0.15) is 17.6 Å². The van der Waals surface area contributed by atoms with Crippen LogP contribution in [0.4, 0.5) is 0 Å². The van der Waals surface area contributed by atoms with Gasteiger partial charge in [-0.25, -0.2) is 4.79 Å². The molecule has 7 nitrogen and oxygen atoms in total. The van der Waals surface area contributed by atoms with Gasteiger partial charge < -0.3 is 24.8 Å². The monoisotopic (exact) mass is 546 g/mol. The number of aliphatic hydroxyl groups excluding tert-OH is 2. The molecule has 6 aliphatic rings. The van der Waals surface area contributed by atoms with Crippen LogP contribution in [0.15, 0.2) is 40.9 Å². The summed E-state index contributed by atoms with van der Waals surface area (Å²) in [6.45, 7) is 8.16. The molecule has 4 aliphatic carbocycles. The number of benzene rings is 1. The van der Waals surface area contributed by atoms with Crippen LogP contribution in [0.5, 0.6) is 0 Å². The number of Topliss-reactive ketones (excluding diaryl/α,β-unsaturated/α-hetero) is 1. The van der Waals surface area contributed by atoms with E-state index in [0.29, 0.717) is 31.2 Å². The number of esters is 1. The number of carbonyl (C=O) groups is 2. The van der Waals surface area contributed by atoms with Crippen LogP contribution in [0.25, 0.3) is 0 Å². The van der Waals surface area contributed by atoms with Gasteiger partial charge in [-0.15, -0.1) is 0 Å². The van der Waals surface area contributed by atoms with E-state index in [-0.39, 0.29) is 12.2 Å². The van der Waals surface area contributed by atoms with Crippen LogP contribution in [0.3, 0.4) is 0 Å². The summed E-state index contributed by atoms with van der Waals surface area (Å²) in [4.78, 5) is 27.3. The second-order valence-electron chi connectivity index (χ2n) is 11.9. The SMILES string of the molecule is C=C1C(=O)C23C(OC(=O)c4ccc(Br)cc4)C1CCC2C12COC3(O)C(O)C1C(C)(C)CCC2O. The second kappa shape index (κ2) is 7.25. The molecule has 2 saturated heterocycles. The zero-order valence-corrected chi connectivity index (χ0v) is 21.5. The molecule has 1 aromatic rings. The van der Waals surface area contributed by atoms with Crippen molar-refractivity contribution in [3.8, 4) is 0 Å². The molecule has 4 saturated carbocycles. The van der Waals surface area contributed by atoms with Crippen molar-refractivity contribution in [2.45, 2.75) is 63.6 Å². The summed E-state index contributed by atoms with van der Waals surface area (Å²) in [5.74, 6) is -4.78. The zero-order valence-electron chi connectivity index (χ0n) is 19.9. The van der Waals surface area contributed by atoms with Gasteiger partial charge in [-0.3, -0.25) is 4.79 Å². The minimum Gasteiger partial charge on any atom is -0.457 e. The predicted molar refractivity (Wildman–Crippen MR) is 128 cm³/mol. The molecular weight excluding hydrogens is 516 g/mol. The van der Waals surface area contributed by atoms with Gasteiger partial charge in [-0.05, 0) is 66.9 Å². The van der Waals surface area contributed by atoms with Crippen molar-refractivity contribution in [3.05, 3.63) is 46.5 Å². The van der Waals surface area contributed by atoms with Gasteiger partial charge in [-0.2, -0.15) is 0 Å². The van der Waals surface area contributed by atoms with Crippen molar-refractivity contribution in [1.82, 2.24) is 0 Å². The fourth-order valence-corrected chi connectivity index (χ4v) is 9.07. The highest BCUT2D eigenvalue weighted by Gasteiger charge is 2.87. The van der Waals surface area contributed by atoms with Crippen molar-refractivity contribution < 1.29 is 34.4 Å². The lowest BCUT2D eigenvalue weighted by molar-refractivity contribution is -0.457. The maximum atomic E-state index is 14.1. The molecule has 8 heteroatoms. The number of fused-ring (bicyclic) bond motifs is 2. The number of hydrogen-bond donors (Lipinski definition) is 3. The van der Waals surface area contributed by atoms with Gasteiger partial charge >= 0.3 is 5.97 Å². The standard InChI is InChI=1S/C27H31BrO7/c1-13-16-8-9-17-25-12-34-27(33,21(31)19(25)24(2,3)11-10-18(25)29)26(17,20(13)30)22(16)35-23(32)14-4-6-15(28)7-5-14/h4-7,16-19,21-22,29,31,33H,1,8-12H2,2-3H3. The first-order chi connectivity index (χ1) is 16.4. The molecule has 0 amide bonds. The highest BCUT2D eigenvalue weighted by Crippen LogP contribution is 2.76. The third-order valence-corrected chi connectivity index (χ3v) is 10.7. The van der Waals surface area contributed by atoms with E-state index >= 15 is 0 Å². The first-order valence-electron chi connectivity index (χ1n) is 12.4. The lowest BCUT2D eigenvalue weighted by atomic mass is 9.35.